The van der Waals surface area contributed by atoms with Gasteiger partial charge in [0.1, 0.15) is 18.0 Å². The zero-order valence-electron chi connectivity index (χ0n) is 12.1. The van der Waals surface area contributed by atoms with Crippen molar-refractivity contribution in [1.29, 1.82) is 0 Å². The summed E-state index contributed by atoms with van der Waals surface area (Å²) >= 11 is 0. The van der Waals surface area contributed by atoms with Crippen LogP contribution in [0, 0.1) is 5.41 Å². The first-order valence-corrected chi connectivity index (χ1v) is 6.81. The Morgan fingerprint density at radius 3 is 2.56 bits per heavy atom. The lowest BCUT2D eigenvalue weighted by molar-refractivity contribution is 0.342. The Balaban J connectivity index is 2.42. The number of hydrogen-bond donors (Lipinski definition) is 2. The van der Waals surface area contributed by atoms with Gasteiger partial charge in [-0.3, -0.25) is 0 Å². The average molecular weight is 250 g/mol. The second-order valence-electron chi connectivity index (χ2n) is 5.51. The molecular formula is C14H26N4. The molecule has 1 rings (SSSR count). The van der Waals surface area contributed by atoms with E-state index in [1.54, 1.807) is 6.33 Å². The molecule has 0 atom stereocenters. The second kappa shape index (κ2) is 7.19. The predicted octanol–water partition coefficient (Wildman–Crippen LogP) is 3.54. The molecule has 18 heavy (non-hydrogen) atoms. The van der Waals surface area contributed by atoms with Gasteiger partial charge in [-0.2, -0.15) is 0 Å². The summed E-state index contributed by atoms with van der Waals surface area (Å²) in [5.41, 5.74) is 0.305. The zero-order chi connectivity index (χ0) is 13.4. The monoisotopic (exact) mass is 250 g/mol. The highest BCUT2D eigenvalue weighted by atomic mass is 15.1. The molecular weight excluding hydrogens is 224 g/mol. The lowest BCUT2D eigenvalue weighted by Gasteiger charge is -2.25. The van der Waals surface area contributed by atoms with Gasteiger partial charge in [0.25, 0.3) is 0 Å². The first kappa shape index (κ1) is 14.7. The number of nitrogens with zero attached hydrogens (tertiary/aromatic N) is 2. The van der Waals surface area contributed by atoms with Gasteiger partial charge in [-0.05, 0) is 11.8 Å². The number of unbranched alkanes of at least 4 members (excludes halogenated alkanes) is 2. The summed E-state index contributed by atoms with van der Waals surface area (Å²) in [7, 11) is 1.86. The topological polar surface area (TPSA) is 49.8 Å². The normalized spacial score (nSPS) is 11.3. The van der Waals surface area contributed by atoms with Crippen LogP contribution in [-0.2, 0) is 0 Å². The van der Waals surface area contributed by atoms with Crippen molar-refractivity contribution in [3.05, 3.63) is 12.4 Å². The SMILES string of the molecule is CCCCCC(C)(C)CNc1cc(NC)ncn1. The summed E-state index contributed by atoms with van der Waals surface area (Å²) in [5.74, 6) is 1.73. The first-order chi connectivity index (χ1) is 8.57. The van der Waals surface area contributed by atoms with Crippen LogP contribution in [0.25, 0.3) is 0 Å². The van der Waals surface area contributed by atoms with Gasteiger partial charge in [-0.15, -0.1) is 0 Å². The van der Waals surface area contributed by atoms with Crippen molar-refractivity contribution in [1.82, 2.24) is 9.97 Å². The van der Waals surface area contributed by atoms with Crippen molar-refractivity contribution in [2.45, 2.75) is 46.5 Å². The van der Waals surface area contributed by atoms with Gasteiger partial charge in [-0.25, -0.2) is 9.97 Å². The Morgan fingerprint density at radius 2 is 1.89 bits per heavy atom. The maximum absolute atomic E-state index is 4.22. The minimum absolute atomic E-state index is 0.305. The van der Waals surface area contributed by atoms with Crippen LogP contribution in [-0.4, -0.2) is 23.6 Å². The summed E-state index contributed by atoms with van der Waals surface area (Å²) in [6.07, 6.45) is 6.73. The standard InChI is InChI=1S/C14H26N4/c1-5-6-7-8-14(2,3)10-16-13-9-12(15-4)17-11-18-13/h9,11H,5-8,10H2,1-4H3,(H2,15,16,17,18). The number of anilines is 2. The molecule has 0 aliphatic carbocycles. The maximum atomic E-state index is 4.22. The van der Waals surface area contributed by atoms with Crippen molar-refractivity contribution in [3.8, 4) is 0 Å². The molecule has 0 bridgehead atoms. The fourth-order valence-corrected chi connectivity index (χ4v) is 1.86. The fraction of sp³-hybridized carbons (Fsp3) is 0.714. The van der Waals surface area contributed by atoms with Crippen molar-refractivity contribution in [3.63, 3.8) is 0 Å². The van der Waals surface area contributed by atoms with E-state index in [4.69, 9.17) is 0 Å². The molecule has 4 heteroatoms. The maximum Gasteiger partial charge on any atom is 0.131 e. The highest BCUT2D eigenvalue weighted by Gasteiger charge is 2.17. The second-order valence-corrected chi connectivity index (χ2v) is 5.51. The van der Waals surface area contributed by atoms with E-state index in [-0.39, 0.29) is 0 Å². The van der Waals surface area contributed by atoms with Gasteiger partial charge in [0.05, 0.1) is 0 Å². The van der Waals surface area contributed by atoms with E-state index in [1.807, 2.05) is 13.1 Å². The van der Waals surface area contributed by atoms with Crippen LogP contribution >= 0.6 is 0 Å². The molecule has 2 N–H and O–H groups in total. The molecule has 0 fully saturated rings. The van der Waals surface area contributed by atoms with E-state index in [0.717, 1.165) is 18.2 Å². The van der Waals surface area contributed by atoms with E-state index in [2.05, 4.69) is 41.4 Å². The third-order valence-electron chi connectivity index (χ3n) is 3.13. The van der Waals surface area contributed by atoms with E-state index in [1.165, 1.54) is 25.7 Å². The molecule has 1 aromatic heterocycles. The summed E-state index contributed by atoms with van der Waals surface area (Å²) in [6.45, 7) is 7.79. The summed E-state index contributed by atoms with van der Waals surface area (Å²) < 4.78 is 0. The summed E-state index contributed by atoms with van der Waals surface area (Å²) in [5, 5.41) is 6.41. The number of hydrogen-bond acceptors (Lipinski definition) is 4. The quantitative estimate of drug-likeness (QED) is 0.693. The van der Waals surface area contributed by atoms with E-state index in [9.17, 15) is 0 Å². The first-order valence-electron chi connectivity index (χ1n) is 6.81. The number of rotatable bonds is 8. The molecule has 0 amide bonds. The molecule has 1 aromatic rings. The molecule has 0 saturated carbocycles. The largest absolute Gasteiger partial charge is 0.373 e. The van der Waals surface area contributed by atoms with Gasteiger partial charge in [-0.1, -0.05) is 40.0 Å². The van der Waals surface area contributed by atoms with Crippen molar-refractivity contribution in [2.24, 2.45) is 5.41 Å². The van der Waals surface area contributed by atoms with Crippen LogP contribution in [0.5, 0.6) is 0 Å². The molecule has 0 aromatic carbocycles. The number of nitrogens with one attached hydrogen (secondary N) is 2. The fourth-order valence-electron chi connectivity index (χ4n) is 1.86. The van der Waals surface area contributed by atoms with Crippen molar-refractivity contribution < 1.29 is 0 Å². The molecule has 4 nitrogen and oxygen atoms in total. The van der Waals surface area contributed by atoms with Crippen molar-refractivity contribution >= 4 is 11.6 Å². The Morgan fingerprint density at radius 1 is 1.17 bits per heavy atom. The average Bonchev–Trinajstić information content (AvgIpc) is 2.37. The van der Waals surface area contributed by atoms with Crippen LogP contribution in [0.15, 0.2) is 12.4 Å². The lowest BCUT2D eigenvalue weighted by Crippen LogP contribution is -2.23. The zero-order valence-corrected chi connectivity index (χ0v) is 12.1. The molecule has 0 aliphatic rings. The van der Waals surface area contributed by atoms with Crippen molar-refractivity contribution in [2.75, 3.05) is 24.2 Å². The Kier molecular flexibility index (Phi) is 5.89. The summed E-state index contributed by atoms with van der Waals surface area (Å²) in [6, 6.07) is 1.93. The molecule has 1 heterocycles. The van der Waals surface area contributed by atoms with E-state index >= 15 is 0 Å². The van der Waals surface area contributed by atoms with Crippen LogP contribution in [0.1, 0.15) is 46.5 Å². The Labute approximate surface area is 111 Å². The highest BCUT2D eigenvalue weighted by molar-refractivity contribution is 5.45. The molecule has 0 unspecified atom stereocenters. The van der Waals surface area contributed by atoms with Gasteiger partial charge in [0, 0.05) is 19.7 Å². The molecule has 0 spiro atoms. The minimum atomic E-state index is 0.305. The van der Waals surface area contributed by atoms with Gasteiger partial charge in [0.2, 0.25) is 0 Å². The van der Waals surface area contributed by atoms with E-state index in [0.29, 0.717) is 5.41 Å². The van der Waals surface area contributed by atoms with Crippen LogP contribution in [0.3, 0.4) is 0 Å². The molecule has 102 valence electrons. The van der Waals surface area contributed by atoms with Gasteiger partial charge < -0.3 is 10.6 Å². The smallest absolute Gasteiger partial charge is 0.131 e. The van der Waals surface area contributed by atoms with Gasteiger partial charge >= 0.3 is 0 Å². The van der Waals surface area contributed by atoms with Crippen LogP contribution in [0.4, 0.5) is 11.6 Å². The highest BCUT2D eigenvalue weighted by Crippen LogP contribution is 2.24. The Bertz CT molecular complexity index is 349. The van der Waals surface area contributed by atoms with E-state index < -0.39 is 0 Å². The molecule has 0 aliphatic heterocycles. The Hall–Kier alpha value is -1.32. The predicted molar refractivity (Wildman–Crippen MR) is 78.0 cm³/mol. The lowest BCUT2D eigenvalue weighted by atomic mass is 9.87. The third-order valence-corrected chi connectivity index (χ3v) is 3.13. The van der Waals surface area contributed by atoms with Crippen LogP contribution in [0.2, 0.25) is 0 Å². The minimum Gasteiger partial charge on any atom is -0.373 e. The summed E-state index contributed by atoms with van der Waals surface area (Å²) in [4.78, 5) is 8.33. The molecule has 0 saturated heterocycles. The van der Waals surface area contributed by atoms with Gasteiger partial charge in [0.15, 0.2) is 0 Å². The number of aromatic nitrogens is 2. The third kappa shape index (κ3) is 5.34. The molecule has 0 radical (unpaired) electrons. The van der Waals surface area contributed by atoms with Crippen LogP contribution < -0.4 is 10.6 Å².